The highest BCUT2D eigenvalue weighted by Gasteiger charge is 2.16. The van der Waals surface area contributed by atoms with E-state index in [2.05, 4.69) is 15.3 Å². The molecule has 8 nitrogen and oxygen atoms in total. The Hall–Kier alpha value is -3.27. The first-order chi connectivity index (χ1) is 14.4. The number of rotatable bonds is 9. The van der Waals surface area contributed by atoms with Crippen LogP contribution in [0.15, 0.2) is 35.4 Å². The van der Waals surface area contributed by atoms with Gasteiger partial charge in [-0.1, -0.05) is 0 Å². The zero-order valence-electron chi connectivity index (χ0n) is 16.8. The summed E-state index contributed by atoms with van der Waals surface area (Å²) in [5.74, 6) is 1.06. The summed E-state index contributed by atoms with van der Waals surface area (Å²) in [7, 11) is 4.62. The minimum absolute atomic E-state index is 0.0517. The molecule has 1 aromatic carbocycles. The van der Waals surface area contributed by atoms with Crippen LogP contribution in [0.2, 0.25) is 0 Å². The van der Waals surface area contributed by atoms with Crippen molar-refractivity contribution in [2.75, 3.05) is 39.3 Å². The van der Waals surface area contributed by atoms with Gasteiger partial charge in [-0.2, -0.15) is 0 Å². The molecule has 3 rings (SSSR count). The second-order valence-corrected chi connectivity index (χ2v) is 6.39. The topological polar surface area (TPSA) is 87.5 Å². The summed E-state index contributed by atoms with van der Waals surface area (Å²) in [5, 5.41) is 2.70. The zero-order valence-corrected chi connectivity index (χ0v) is 16.8. The van der Waals surface area contributed by atoms with Crippen molar-refractivity contribution in [2.24, 2.45) is 7.05 Å². The van der Waals surface area contributed by atoms with Crippen molar-refractivity contribution in [1.29, 1.82) is 0 Å². The minimum atomic E-state index is -2.60. The van der Waals surface area contributed by atoms with Crippen molar-refractivity contribution in [2.45, 2.75) is 6.43 Å². The highest BCUT2D eigenvalue weighted by atomic mass is 19.3. The van der Waals surface area contributed by atoms with Gasteiger partial charge in [0, 0.05) is 19.7 Å². The molecule has 0 aliphatic carbocycles. The number of nitrogens with one attached hydrogen (secondary N) is 1. The molecular formula is C20H22F2N4O4. The monoisotopic (exact) mass is 420 g/mol. The number of methoxy groups -OCH3 is 2. The average molecular weight is 420 g/mol. The number of fused-ring (bicyclic) bond motifs is 1. The van der Waals surface area contributed by atoms with Gasteiger partial charge < -0.3 is 24.1 Å². The summed E-state index contributed by atoms with van der Waals surface area (Å²) < 4.78 is 42.8. The molecule has 0 radical (unpaired) electrons. The van der Waals surface area contributed by atoms with Gasteiger partial charge in [-0.05, 0) is 24.3 Å². The molecule has 0 spiro atoms. The molecule has 2 heterocycles. The van der Waals surface area contributed by atoms with Gasteiger partial charge in [-0.3, -0.25) is 4.79 Å². The lowest BCUT2D eigenvalue weighted by Gasteiger charge is -2.14. The molecule has 3 aromatic rings. The third-order valence-corrected chi connectivity index (χ3v) is 4.33. The van der Waals surface area contributed by atoms with Gasteiger partial charge in [-0.25, -0.2) is 18.7 Å². The van der Waals surface area contributed by atoms with Crippen molar-refractivity contribution >= 4 is 16.7 Å². The second-order valence-electron chi connectivity index (χ2n) is 6.39. The smallest absolute Gasteiger partial charge is 0.264 e. The van der Waals surface area contributed by atoms with Gasteiger partial charge in [0.2, 0.25) is 0 Å². The van der Waals surface area contributed by atoms with E-state index < -0.39 is 13.0 Å². The Morgan fingerprint density at radius 2 is 1.97 bits per heavy atom. The van der Waals surface area contributed by atoms with Crippen LogP contribution in [-0.4, -0.2) is 54.9 Å². The fourth-order valence-corrected chi connectivity index (χ4v) is 2.85. The molecule has 0 unspecified atom stereocenters. The lowest BCUT2D eigenvalue weighted by atomic mass is 10.1. The Kier molecular flexibility index (Phi) is 6.78. The molecule has 0 aliphatic heterocycles. The number of nitrogens with zero attached hydrogens (tertiary/aromatic N) is 3. The molecule has 2 aromatic heterocycles. The lowest BCUT2D eigenvalue weighted by molar-refractivity contribution is 0.144. The molecular weight excluding hydrogens is 398 g/mol. The largest absolute Gasteiger partial charge is 0.493 e. The fraction of sp³-hybridized carbons (Fsp3) is 0.350. The van der Waals surface area contributed by atoms with Crippen LogP contribution >= 0.6 is 0 Å². The first kappa shape index (κ1) is 21.4. The van der Waals surface area contributed by atoms with Crippen LogP contribution in [0, 0.1) is 0 Å². The Morgan fingerprint density at radius 1 is 1.17 bits per heavy atom. The molecule has 30 heavy (non-hydrogen) atoms. The molecule has 0 bridgehead atoms. The van der Waals surface area contributed by atoms with Crippen LogP contribution in [0.3, 0.4) is 0 Å². The molecule has 0 saturated carbocycles. The van der Waals surface area contributed by atoms with Crippen LogP contribution in [0.5, 0.6) is 11.5 Å². The van der Waals surface area contributed by atoms with Crippen molar-refractivity contribution in [3.05, 3.63) is 40.9 Å². The highest BCUT2D eigenvalue weighted by molar-refractivity contribution is 5.91. The highest BCUT2D eigenvalue weighted by Crippen LogP contribution is 2.33. The maximum atomic E-state index is 12.8. The van der Waals surface area contributed by atoms with Gasteiger partial charge in [0.15, 0.2) is 11.5 Å². The maximum Gasteiger partial charge on any atom is 0.264 e. The molecule has 0 aliphatic rings. The first-order valence-electron chi connectivity index (χ1n) is 9.13. The standard InChI is InChI=1S/C20H22F2N4O4/c1-26-11-24-14-9-13(25-19(18(14)20(26)27)23-10-17(21)22)12-4-5-15(16(8-12)29-3)30-7-6-28-2/h4-5,8-9,11,17H,6-7,10H2,1-3H3,(H,23,25). The van der Waals surface area contributed by atoms with E-state index in [4.69, 9.17) is 14.2 Å². The molecule has 0 saturated heterocycles. The Balaban J connectivity index is 2.07. The summed E-state index contributed by atoms with van der Waals surface area (Å²) in [4.78, 5) is 21.2. The van der Waals surface area contributed by atoms with Gasteiger partial charge in [0.05, 0.1) is 37.8 Å². The average Bonchev–Trinajstić information content (AvgIpc) is 2.74. The molecule has 0 amide bonds. The molecule has 0 fully saturated rings. The van der Waals surface area contributed by atoms with Gasteiger partial charge in [0.25, 0.3) is 12.0 Å². The van der Waals surface area contributed by atoms with E-state index in [1.165, 1.54) is 25.1 Å². The van der Waals surface area contributed by atoms with Gasteiger partial charge >= 0.3 is 0 Å². The van der Waals surface area contributed by atoms with Crippen LogP contribution in [0.25, 0.3) is 22.2 Å². The number of hydrogen-bond acceptors (Lipinski definition) is 7. The van der Waals surface area contributed by atoms with Gasteiger partial charge in [-0.15, -0.1) is 0 Å². The number of ether oxygens (including phenoxy) is 3. The summed E-state index contributed by atoms with van der Waals surface area (Å²) in [6.07, 6.45) is -1.23. The summed E-state index contributed by atoms with van der Waals surface area (Å²) in [5.41, 5.74) is 1.06. The van der Waals surface area contributed by atoms with Crippen molar-refractivity contribution < 1.29 is 23.0 Å². The Labute approximate surface area is 171 Å². The number of aryl methyl sites for hydroxylation is 1. The fourth-order valence-electron chi connectivity index (χ4n) is 2.85. The quantitative estimate of drug-likeness (QED) is 0.533. The third kappa shape index (κ3) is 4.65. The Bertz CT molecular complexity index is 1090. The molecule has 160 valence electrons. The maximum absolute atomic E-state index is 12.8. The van der Waals surface area contributed by atoms with Crippen LogP contribution in [-0.2, 0) is 11.8 Å². The normalized spacial score (nSPS) is 11.1. The molecule has 10 heteroatoms. The number of anilines is 1. The van der Waals surface area contributed by atoms with E-state index in [0.717, 1.165) is 0 Å². The number of aromatic nitrogens is 3. The zero-order chi connectivity index (χ0) is 21.7. The minimum Gasteiger partial charge on any atom is -0.493 e. The number of benzene rings is 1. The van der Waals surface area contributed by atoms with E-state index in [9.17, 15) is 13.6 Å². The first-order valence-corrected chi connectivity index (χ1v) is 9.13. The number of pyridine rings is 1. The number of halogens is 2. The number of hydrogen-bond donors (Lipinski definition) is 1. The van der Waals surface area contributed by atoms with E-state index in [0.29, 0.717) is 41.5 Å². The predicted octanol–water partition coefficient (Wildman–Crippen LogP) is 2.71. The third-order valence-electron chi connectivity index (χ3n) is 4.33. The molecule has 1 N–H and O–H groups in total. The number of alkyl halides is 2. The SMILES string of the molecule is COCCOc1ccc(-c2cc3ncn(C)c(=O)c3c(NCC(F)F)n2)cc1OC. The summed E-state index contributed by atoms with van der Waals surface area (Å²) in [6.45, 7) is 0.144. The van der Waals surface area contributed by atoms with Crippen LogP contribution < -0.4 is 20.3 Å². The van der Waals surface area contributed by atoms with E-state index in [1.54, 1.807) is 31.4 Å². The molecule has 0 atom stereocenters. The van der Waals surface area contributed by atoms with Crippen molar-refractivity contribution in [3.8, 4) is 22.8 Å². The van der Waals surface area contributed by atoms with Crippen LogP contribution in [0.4, 0.5) is 14.6 Å². The van der Waals surface area contributed by atoms with Gasteiger partial charge in [0.1, 0.15) is 17.8 Å². The van der Waals surface area contributed by atoms with E-state index in [-0.39, 0.29) is 16.8 Å². The van der Waals surface area contributed by atoms with Crippen molar-refractivity contribution in [3.63, 3.8) is 0 Å². The second kappa shape index (κ2) is 9.49. The van der Waals surface area contributed by atoms with Crippen molar-refractivity contribution in [1.82, 2.24) is 14.5 Å². The summed E-state index contributed by atoms with van der Waals surface area (Å²) >= 11 is 0. The van der Waals surface area contributed by atoms with E-state index >= 15 is 0 Å². The van der Waals surface area contributed by atoms with E-state index in [1.807, 2.05) is 0 Å². The Morgan fingerprint density at radius 3 is 2.67 bits per heavy atom. The predicted molar refractivity (Wildman–Crippen MR) is 109 cm³/mol. The summed E-state index contributed by atoms with van der Waals surface area (Å²) in [6, 6.07) is 6.83. The lowest BCUT2D eigenvalue weighted by Crippen LogP contribution is -2.20. The van der Waals surface area contributed by atoms with Crippen LogP contribution in [0.1, 0.15) is 0 Å².